The number of anilines is 4. The van der Waals surface area contributed by atoms with Crippen LogP contribution in [0, 0.1) is 0 Å². The standard InChI is InChI=1S/C28H32N8O3/c1-7-28(38)33-22-13-23(26(39-6)15-25(22)35(4)11-10-34(3)18(2)37)32-27-14-21(29-17-30-27)19-8-9-24-20(12-19)16-31-36(24)5/h7-9,12-17H,1,10-11H2,2-6H3,(H,33,38)(H,29,30,32). The molecule has 4 rings (SSSR count). The van der Waals surface area contributed by atoms with E-state index in [4.69, 9.17) is 4.74 Å². The zero-order chi connectivity index (χ0) is 28.1. The van der Waals surface area contributed by atoms with Gasteiger partial charge in [0.25, 0.3) is 0 Å². The lowest BCUT2D eigenvalue weighted by atomic mass is 10.1. The van der Waals surface area contributed by atoms with E-state index in [9.17, 15) is 9.59 Å². The molecule has 2 amide bonds. The van der Waals surface area contributed by atoms with Gasteiger partial charge in [0.15, 0.2) is 0 Å². The number of carbonyl (C=O) groups excluding carboxylic acids is 2. The molecule has 0 saturated heterocycles. The molecule has 0 saturated carbocycles. The molecule has 0 aliphatic carbocycles. The molecule has 2 aromatic carbocycles. The maximum atomic E-state index is 12.3. The lowest BCUT2D eigenvalue weighted by Crippen LogP contribution is -2.33. The van der Waals surface area contributed by atoms with Crippen molar-refractivity contribution in [1.29, 1.82) is 0 Å². The number of nitrogens with one attached hydrogen (secondary N) is 2. The number of rotatable bonds is 10. The van der Waals surface area contributed by atoms with Crippen LogP contribution in [0.4, 0.5) is 22.9 Å². The minimum Gasteiger partial charge on any atom is -0.494 e. The molecule has 0 atom stereocenters. The van der Waals surface area contributed by atoms with Crippen LogP contribution >= 0.6 is 0 Å². The largest absolute Gasteiger partial charge is 0.494 e. The molecule has 0 bridgehead atoms. The van der Waals surface area contributed by atoms with E-state index in [1.165, 1.54) is 19.3 Å². The Bertz CT molecular complexity index is 1530. The van der Waals surface area contributed by atoms with Crippen LogP contribution < -0.4 is 20.3 Å². The number of carbonyl (C=O) groups is 2. The maximum Gasteiger partial charge on any atom is 0.247 e. The SMILES string of the molecule is C=CC(=O)Nc1cc(Nc2cc(-c3ccc4c(cnn4C)c3)ncn2)c(OC)cc1N(C)CCN(C)C(C)=O. The van der Waals surface area contributed by atoms with Gasteiger partial charge in [-0.3, -0.25) is 14.3 Å². The highest BCUT2D eigenvalue weighted by molar-refractivity contribution is 6.02. The van der Waals surface area contributed by atoms with Crippen molar-refractivity contribution >= 4 is 45.6 Å². The average Bonchev–Trinajstić information content (AvgIpc) is 3.31. The predicted molar refractivity (Wildman–Crippen MR) is 153 cm³/mol. The Morgan fingerprint density at radius 3 is 2.62 bits per heavy atom. The molecule has 0 radical (unpaired) electrons. The minimum absolute atomic E-state index is 0.0229. The summed E-state index contributed by atoms with van der Waals surface area (Å²) in [4.78, 5) is 36.3. The summed E-state index contributed by atoms with van der Waals surface area (Å²) in [5.41, 5.74) is 4.57. The van der Waals surface area contributed by atoms with Crippen LogP contribution in [0.3, 0.4) is 0 Å². The first-order chi connectivity index (χ1) is 18.7. The van der Waals surface area contributed by atoms with Gasteiger partial charge in [0.1, 0.15) is 17.9 Å². The van der Waals surface area contributed by atoms with Crippen LogP contribution in [0.2, 0.25) is 0 Å². The minimum atomic E-state index is -0.350. The van der Waals surface area contributed by atoms with Crippen molar-refractivity contribution in [3.8, 4) is 17.0 Å². The maximum absolute atomic E-state index is 12.3. The van der Waals surface area contributed by atoms with Gasteiger partial charge in [-0.1, -0.05) is 12.6 Å². The van der Waals surface area contributed by atoms with Gasteiger partial charge in [-0.15, -0.1) is 0 Å². The van der Waals surface area contributed by atoms with E-state index < -0.39 is 0 Å². The fourth-order valence-electron chi connectivity index (χ4n) is 4.06. The van der Waals surface area contributed by atoms with Gasteiger partial charge >= 0.3 is 0 Å². The first-order valence-corrected chi connectivity index (χ1v) is 12.3. The Balaban J connectivity index is 1.65. The molecule has 202 valence electrons. The fourth-order valence-corrected chi connectivity index (χ4v) is 4.06. The number of benzene rings is 2. The Kier molecular flexibility index (Phi) is 8.09. The number of amides is 2. The summed E-state index contributed by atoms with van der Waals surface area (Å²) in [6.45, 7) is 6.14. The van der Waals surface area contributed by atoms with Gasteiger partial charge < -0.3 is 25.2 Å². The van der Waals surface area contributed by atoms with E-state index in [1.54, 1.807) is 25.1 Å². The molecule has 0 spiro atoms. The molecule has 0 fully saturated rings. The molecule has 2 heterocycles. The summed E-state index contributed by atoms with van der Waals surface area (Å²) in [6.07, 6.45) is 4.52. The number of hydrogen-bond acceptors (Lipinski definition) is 8. The molecule has 2 aromatic heterocycles. The zero-order valence-corrected chi connectivity index (χ0v) is 22.7. The van der Waals surface area contributed by atoms with Gasteiger partial charge in [-0.2, -0.15) is 5.10 Å². The van der Waals surface area contributed by atoms with Crippen LogP contribution in [0.25, 0.3) is 22.2 Å². The number of fused-ring (bicyclic) bond motifs is 1. The van der Waals surface area contributed by atoms with Crippen molar-refractivity contribution in [3.05, 3.63) is 61.6 Å². The van der Waals surface area contributed by atoms with E-state index in [0.717, 1.165) is 27.8 Å². The Morgan fingerprint density at radius 1 is 1.10 bits per heavy atom. The molecule has 0 aliphatic rings. The second-order valence-corrected chi connectivity index (χ2v) is 9.08. The van der Waals surface area contributed by atoms with Gasteiger partial charge in [0, 0.05) is 64.2 Å². The van der Waals surface area contributed by atoms with Crippen LogP contribution in [0.1, 0.15) is 6.92 Å². The number of likely N-dealkylation sites (N-methyl/N-ethyl adjacent to an activating group) is 2. The van der Waals surface area contributed by atoms with E-state index in [1.807, 2.05) is 60.2 Å². The summed E-state index contributed by atoms with van der Waals surface area (Å²) in [6, 6.07) is 11.5. The molecule has 39 heavy (non-hydrogen) atoms. The highest BCUT2D eigenvalue weighted by Gasteiger charge is 2.17. The monoisotopic (exact) mass is 528 g/mol. The molecular weight excluding hydrogens is 496 g/mol. The van der Waals surface area contributed by atoms with E-state index in [0.29, 0.717) is 36.0 Å². The first kappa shape index (κ1) is 27.1. The van der Waals surface area contributed by atoms with Crippen molar-refractivity contribution in [2.24, 2.45) is 7.05 Å². The summed E-state index contributed by atoms with van der Waals surface area (Å²) in [5.74, 6) is 0.724. The molecule has 0 unspecified atom stereocenters. The third-order valence-corrected chi connectivity index (χ3v) is 6.45. The number of aromatic nitrogens is 4. The molecule has 4 aromatic rings. The van der Waals surface area contributed by atoms with Crippen molar-refractivity contribution in [2.75, 3.05) is 49.8 Å². The zero-order valence-electron chi connectivity index (χ0n) is 22.7. The number of nitrogens with zero attached hydrogens (tertiary/aromatic N) is 6. The van der Waals surface area contributed by atoms with Crippen molar-refractivity contribution in [2.45, 2.75) is 6.92 Å². The van der Waals surface area contributed by atoms with Gasteiger partial charge in [0.2, 0.25) is 11.8 Å². The van der Waals surface area contributed by atoms with Crippen LogP contribution in [-0.2, 0) is 16.6 Å². The number of aryl methyl sites for hydroxylation is 1. The first-order valence-electron chi connectivity index (χ1n) is 12.3. The van der Waals surface area contributed by atoms with Crippen molar-refractivity contribution in [1.82, 2.24) is 24.6 Å². The van der Waals surface area contributed by atoms with Crippen LogP contribution in [0.5, 0.6) is 5.75 Å². The molecule has 11 nitrogen and oxygen atoms in total. The quantitative estimate of drug-likeness (QED) is 0.298. The number of ether oxygens (including phenoxy) is 1. The number of methoxy groups -OCH3 is 1. The van der Waals surface area contributed by atoms with E-state index >= 15 is 0 Å². The fraction of sp³-hybridized carbons (Fsp3) is 0.250. The smallest absolute Gasteiger partial charge is 0.247 e. The summed E-state index contributed by atoms with van der Waals surface area (Å²) < 4.78 is 7.51. The third kappa shape index (κ3) is 6.15. The molecular formula is C28H32N8O3. The normalized spacial score (nSPS) is 10.7. The Morgan fingerprint density at radius 2 is 1.90 bits per heavy atom. The third-order valence-electron chi connectivity index (χ3n) is 6.45. The van der Waals surface area contributed by atoms with E-state index in [2.05, 4.69) is 32.3 Å². The van der Waals surface area contributed by atoms with Crippen molar-refractivity contribution in [3.63, 3.8) is 0 Å². The van der Waals surface area contributed by atoms with Crippen LogP contribution in [0.15, 0.2) is 61.6 Å². The molecule has 11 heteroatoms. The van der Waals surface area contributed by atoms with E-state index in [-0.39, 0.29) is 11.8 Å². The Hall–Kier alpha value is -4.93. The van der Waals surface area contributed by atoms with Gasteiger partial charge in [-0.05, 0) is 24.3 Å². The van der Waals surface area contributed by atoms with Gasteiger partial charge in [-0.25, -0.2) is 9.97 Å². The lowest BCUT2D eigenvalue weighted by Gasteiger charge is -2.26. The lowest BCUT2D eigenvalue weighted by molar-refractivity contribution is -0.127. The second kappa shape index (κ2) is 11.6. The summed E-state index contributed by atoms with van der Waals surface area (Å²) in [7, 11) is 7.11. The molecule has 2 N–H and O–H groups in total. The summed E-state index contributed by atoms with van der Waals surface area (Å²) >= 11 is 0. The van der Waals surface area contributed by atoms with Crippen LogP contribution in [-0.4, -0.2) is 70.8 Å². The highest BCUT2D eigenvalue weighted by atomic mass is 16.5. The van der Waals surface area contributed by atoms with Crippen molar-refractivity contribution < 1.29 is 14.3 Å². The molecule has 0 aliphatic heterocycles. The predicted octanol–water partition coefficient (Wildman–Crippen LogP) is 3.82. The highest BCUT2D eigenvalue weighted by Crippen LogP contribution is 2.38. The average molecular weight is 529 g/mol. The Labute approximate surface area is 227 Å². The van der Waals surface area contributed by atoms with Gasteiger partial charge in [0.05, 0.1) is 41.6 Å². The second-order valence-electron chi connectivity index (χ2n) is 9.08. The number of hydrogen-bond donors (Lipinski definition) is 2. The topological polar surface area (TPSA) is 118 Å². The summed E-state index contributed by atoms with van der Waals surface area (Å²) in [5, 5.41) is 11.5.